The molecule has 1 amide bonds. The molecule has 1 aromatic rings. The summed E-state index contributed by atoms with van der Waals surface area (Å²) < 4.78 is 22.3. The lowest BCUT2D eigenvalue weighted by molar-refractivity contribution is -0.121. The third-order valence-electron chi connectivity index (χ3n) is 3.64. The molecule has 1 unspecified atom stereocenters. The van der Waals surface area contributed by atoms with Crippen molar-refractivity contribution in [3.8, 4) is 0 Å². The topological polar surface area (TPSA) is 63.2 Å². The molecule has 1 aliphatic carbocycles. The molecule has 0 bridgehead atoms. The van der Waals surface area contributed by atoms with Gasteiger partial charge < -0.3 is 5.32 Å². The van der Waals surface area contributed by atoms with Crippen molar-refractivity contribution < 1.29 is 13.2 Å². The summed E-state index contributed by atoms with van der Waals surface area (Å²) in [5.74, 6) is 0.836. The molecule has 1 aromatic carbocycles. The van der Waals surface area contributed by atoms with Crippen LogP contribution in [0.4, 0.5) is 0 Å². The highest BCUT2D eigenvalue weighted by Gasteiger charge is 2.24. The molecule has 1 N–H and O–H groups in total. The maximum absolute atomic E-state index is 11.8. The van der Waals surface area contributed by atoms with Gasteiger partial charge in [-0.2, -0.15) is 0 Å². The fraction of sp³-hybridized carbons (Fsp3) is 0.533. The number of carbonyl (C=O) groups excluding carboxylic acids is 1. The molecule has 0 aliphatic heterocycles. The van der Waals surface area contributed by atoms with Gasteiger partial charge in [-0.15, -0.1) is 0 Å². The molecule has 1 aliphatic rings. The molecule has 116 valence electrons. The Morgan fingerprint density at radius 3 is 2.48 bits per heavy atom. The van der Waals surface area contributed by atoms with Gasteiger partial charge in [-0.05, 0) is 43.4 Å². The third-order valence-corrected chi connectivity index (χ3v) is 5.01. The van der Waals surface area contributed by atoms with Gasteiger partial charge in [0.2, 0.25) is 5.91 Å². The highest BCUT2D eigenvalue weighted by Crippen LogP contribution is 2.33. The van der Waals surface area contributed by atoms with Crippen molar-refractivity contribution in [1.29, 1.82) is 0 Å². The Balaban J connectivity index is 1.77. The zero-order valence-corrected chi connectivity index (χ0v) is 13.6. The summed E-state index contributed by atoms with van der Waals surface area (Å²) in [7, 11) is 1.57. The van der Waals surface area contributed by atoms with Crippen molar-refractivity contribution in [3.05, 3.63) is 29.8 Å². The number of amides is 1. The molecule has 0 spiro atoms. The molecule has 1 atom stereocenters. The fourth-order valence-electron chi connectivity index (χ4n) is 2.34. The van der Waals surface area contributed by atoms with Crippen LogP contribution < -0.4 is 5.32 Å². The quantitative estimate of drug-likeness (QED) is 0.782. The van der Waals surface area contributed by atoms with Crippen molar-refractivity contribution >= 4 is 25.6 Å². The molecular formula is C15H20ClNO3S. The molecule has 2 rings (SSSR count). The maximum Gasteiger partial charge on any atom is 0.261 e. The van der Waals surface area contributed by atoms with E-state index in [4.69, 9.17) is 10.7 Å². The summed E-state index contributed by atoms with van der Waals surface area (Å²) in [6, 6.07) is 6.54. The highest BCUT2D eigenvalue weighted by atomic mass is 35.7. The summed E-state index contributed by atoms with van der Waals surface area (Å²) in [5, 5.41) is 3.00. The second-order valence-corrected chi connectivity index (χ2v) is 8.30. The second-order valence-electron chi connectivity index (χ2n) is 5.73. The summed E-state index contributed by atoms with van der Waals surface area (Å²) in [6.45, 7) is 2.04. The van der Waals surface area contributed by atoms with Gasteiger partial charge in [0.15, 0.2) is 0 Å². The highest BCUT2D eigenvalue weighted by molar-refractivity contribution is 8.13. The molecule has 0 radical (unpaired) electrons. The van der Waals surface area contributed by atoms with E-state index in [1.165, 1.54) is 25.0 Å². The van der Waals surface area contributed by atoms with Crippen LogP contribution in [0.3, 0.4) is 0 Å². The summed E-state index contributed by atoms with van der Waals surface area (Å²) in [5.41, 5.74) is 0.920. The Morgan fingerprint density at radius 1 is 1.33 bits per heavy atom. The van der Waals surface area contributed by atoms with Gasteiger partial charge >= 0.3 is 0 Å². The molecular weight excluding hydrogens is 310 g/mol. The van der Waals surface area contributed by atoms with Gasteiger partial charge in [0, 0.05) is 23.1 Å². The molecule has 0 heterocycles. The minimum absolute atomic E-state index is 0.0391. The van der Waals surface area contributed by atoms with Crippen molar-refractivity contribution in [1.82, 2.24) is 5.32 Å². The number of benzene rings is 1. The first kappa shape index (κ1) is 16.3. The molecule has 0 aromatic heterocycles. The van der Waals surface area contributed by atoms with Crippen molar-refractivity contribution in [3.63, 3.8) is 0 Å². The van der Waals surface area contributed by atoms with E-state index >= 15 is 0 Å². The van der Waals surface area contributed by atoms with E-state index < -0.39 is 9.05 Å². The van der Waals surface area contributed by atoms with E-state index in [1.54, 1.807) is 12.1 Å². The van der Waals surface area contributed by atoms with Crippen LogP contribution in [-0.2, 0) is 20.3 Å². The van der Waals surface area contributed by atoms with Crippen molar-refractivity contribution in [2.45, 2.75) is 50.0 Å². The zero-order valence-electron chi connectivity index (χ0n) is 12.0. The van der Waals surface area contributed by atoms with Crippen LogP contribution >= 0.6 is 10.7 Å². The first-order valence-electron chi connectivity index (χ1n) is 7.17. The van der Waals surface area contributed by atoms with Gasteiger partial charge in [0.25, 0.3) is 9.05 Å². The predicted octanol–water partition coefficient (Wildman–Crippen LogP) is 2.85. The van der Waals surface area contributed by atoms with E-state index in [-0.39, 0.29) is 16.8 Å². The largest absolute Gasteiger partial charge is 0.354 e. The zero-order chi connectivity index (χ0) is 15.5. The number of nitrogens with one attached hydrogen (secondary N) is 1. The van der Waals surface area contributed by atoms with Crippen LogP contribution in [0, 0.1) is 5.92 Å². The van der Waals surface area contributed by atoms with Gasteiger partial charge in [-0.1, -0.05) is 25.0 Å². The number of hydrogen-bond donors (Lipinski definition) is 1. The van der Waals surface area contributed by atoms with E-state index in [0.717, 1.165) is 17.9 Å². The normalized spacial score (nSPS) is 16.5. The molecule has 0 saturated heterocycles. The molecule has 1 saturated carbocycles. The summed E-state index contributed by atoms with van der Waals surface area (Å²) in [6.07, 6.45) is 4.63. The van der Waals surface area contributed by atoms with E-state index in [1.807, 2.05) is 6.92 Å². The minimum atomic E-state index is -3.68. The Labute approximate surface area is 130 Å². The maximum atomic E-state index is 11.8. The monoisotopic (exact) mass is 329 g/mol. The molecule has 6 heteroatoms. The first-order chi connectivity index (χ1) is 9.84. The van der Waals surface area contributed by atoms with Gasteiger partial charge in [0.05, 0.1) is 4.90 Å². The smallest absolute Gasteiger partial charge is 0.261 e. The van der Waals surface area contributed by atoms with E-state index in [9.17, 15) is 13.2 Å². The Hall–Kier alpha value is -1.07. The van der Waals surface area contributed by atoms with Crippen LogP contribution in [-0.4, -0.2) is 20.4 Å². The Kier molecular flexibility index (Phi) is 5.27. The van der Waals surface area contributed by atoms with Gasteiger partial charge in [0.1, 0.15) is 0 Å². The summed E-state index contributed by atoms with van der Waals surface area (Å²) >= 11 is 0. The third kappa shape index (κ3) is 5.67. The van der Waals surface area contributed by atoms with Crippen LogP contribution in [0.15, 0.2) is 29.2 Å². The minimum Gasteiger partial charge on any atom is -0.354 e. The molecule has 1 fully saturated rings. The van der Waals surface area contributed by atoms with Crippen LogP contribution in [0.5, 0.6) is 0 Å². The fourth-order valence-corrected chi connectivity index (χ4v) is 3.11. The van der Waals surface area contributed by atoms with Crippen molar-refractivity contribution in [2.24, 2.45) is 5.92 Å². The summed E-state index contributed by atoms with van der Waals surface area (Å²) in [4.78, 5) is 11.9. The van der Waals surface area contributed by atoms with E-state index in [0.29, 0.717) is 12.8 Å². The van der Waals surface area contributed by atoms with Gasteiger partial charge in [-0.25, -0.2) is 8.42 Å². The average Bonchev–Trinajstić information content (AvgIpc) is 3.19. The number of hydrogen-bond acceptors (Lipinski definition) is 3. The number of halogens is 1. The van der Waals surface area contributed by atoms with Crippen LogP contribution in [0.2, 0.25) is 0 Å². The second kappa shape index (κ2) is 6.79. The predicted molar refractivity (Wildman–Crippen MR) is 82.7 cm³/mol. The standard InChI is InChI=1S/C15H20ClNO3S/c1-11(10-13-2-3-13)17-15(18)9-6-12-4-7-14(8-5-12)21(16,19)20/h4-5,7-8,11,13H,2-3,6,9-10H2,1H3,(H,17,18). The number of carbonyl (C=O) groups is 1. The lowest BCUT2D eigenvalue weighted by Crippen LogP contribution is -2.32. The first-order valence-corrected chi connectivity index (χ1v) is 9.48. The van der Waals surface area contributed by atoms with Crippen molar-refractivity contribution in [2.75, 3.05) is 0 Å². The number of aryl methyl sites for hydroxylation is 1. The molecule has 4 nitrogen and oxygen atoms in total. The number of rotatable bonds is 7. The SMILES string of the molecule is CC(CC1CC1)NC(=O)CCc1ccc(S(=O)(=O)Cl)cc1. The Bertz CT molecular complexity index is 594. The van der Waals surface area contributed by atoms with Crippen LogP contribution in [0.1, 0.15) is 38.2 Å². The average molecular weight is 330 g/mol. The molecule has 21 heavy (non-hydrogen) atoms. The Morgan fingerprint density at radius 2 is 1.95 bits per heavy atom. The lowest BCUT2D eigenvalue weighted by Gasteiger charge is -2.13. The van der Waals surface area contributed by atoms with Gasteiger partial charge in [-0.3, -0.25) is 4.79 Å². The lowest BCUT2D eigenvalue weighted by atomic mass is 10.1. The van der Waals surface area contributed by atoms with Crippen LogP contribution in [0.25, 0.3) is 0 Å². The van der Waals surface area contributed by atoms with E-state index in [2.05, 4.69) is 5.32 Å².